The lowest BCUT2D eigenvalue weighted by Crippen LogP contribution is -2.15. The van der Waals surface area contributed by atoms with Gasteiger partial charge in [-0.25, -0.2) is 0 Å². The van der Waals surface area contributed by atoms with Gasteiger partial charge in [0.25, 0.3) is 0 Å². The average molecular weight is 247 g/mol. The quantitative estimate of drug-likeness (QED) is 0.634. The first-order chi connectivity index (χ1) is 8.63. The summed E-state index contributed by atoms with van der Waals surface area (Å²) in [4.78, 5) is 2.14. The molecule has 98 valence electrons. The molecule has 0 unspecified atom stereocenters. The van der Waals surface area contributed by atoms with Crippen molar-refractivity contribution in [2.75, 3.05) is 33.9 Å². The SMILES string of the molecule is Cc1cc(C#CCO)ccc1OCCCN(C)C. The summed E-state index contributed by atoms with van der Waals surface area (Å²) in [5.74, 6) is 6.42. The molecule has 1 rings (SSSR count). The highest BCUT2D eigenvalue weighted by molar-refractivity contribution is 5.43. The molecular weight excluding hydrogens is 226 g/mol. The van der Waals surface area contributed by atoms with E-state index in [9.17, 15) is 0 Å². The van der Waals surface area contributed by atoms with E-state index in [1.165, 1.54) is 0 Å². The number of aliphatic hydroxyl groups excluding tert-OH is 1. The first-order valence-electron chi connectivity index (χ1n) is 6.11. The van der Waals surface area contributed by atoms with Crippen LogP contribution in [0.4, 0.5) is 0 Å². The number of ether oxygens (including phenoxy) is 1. The fourth-order valence-electron chi connectivity index (χ4n) is 1.59. The molecule has 0 radical (unpaired) electrons. The number of nitrogens with zero attached hydrogens (tertiary/aromatic N) is 1. The lowest BCUT2D eigenvalue weighted by atomic mass is 10.1. The van der Waals surface area contributed by atoms with Gasteiger partial charge in [0.15, 0.2) is 0 Å². The summed E-state index contributed by atoms with van der Waals surface area (Å²) in [6.07, 6.45) is 1.01. The van der Waals surface area contributed by atoms with E-state index in [0.717, 1.165) is 36.4 Å². The van der Waals surface area contributed by atoms with Crippen molar-refractivity contribution in [3.05, 3.63) is 29.3 Å². The van der Waals surface area contributed by atoms with Crippen LogP contribution in [0.3, 0.4) is 0 Å². The molecule has 1 N–H and O–H groups in total. The summed E-state index contributed by atoms with van der Waals surface area (Å²) in [5, 5.41) is 8.64. The second kappa shape index (κ2) is 7.75. The van der Waals surface area contributed by atoms with Crippen molar-refractivity contribution >= 4 is 0 Å². The van der Waals surface area contributed by atoms with Gasteiger partial charge < -0.3 is 14.7 Å². The molecule has 0 bridgehead atoms. The fraction of sp³-hybridized carbons (Fsp3) is 0.467. The molecule has 0 fully saturated rings. The Balaban J connectivity index is 2.52. The summed E-state index contributed by atoms with van der Waals surface area (Å²) in [6.45, 7) is 3.65. The van der Waals surface area contributed by atoms with Crippen molar-refractivity contribution < 1.29 is 9.84 Å². The summed E-state index contributed by atoms with van der Waals surface area (Å²) in [6, 6.07) is 5.83. The Bertz CT molecular complexity index is 430. The van der Waals surface area contributed by atoms with E-state index in [4.69, 9.17) is 9.84 Å². The molecule has 0 atom stereocenters. The lowest BCUT2D eigenvalue weighted by molar-refractivity contribution is 0.280. The summed E-state index contributed by atoms with van der Waals surface area (Å²) in [7, 11) is 4.11. The molecule has 0 aliphatic heterocycles. The van der Waals surface area contributed by atoms with Crippen LogP contribution in [-0.2, 0) is 0 Å². The van der Waals surface area contributed by atoms with E-state index in [1.807, 2.05) is 25.1 Å². The minimum absolute atomic E-state index is 0.109. The molecular formula is C15H21NO2. The maximum Gasteiger partial charge on any atom is 0.122 e. The molecule has 0 aliphatic carbocycles. The number of hydrogen-bond acceptors (Lipinski definition) is 3. The zero-order valence-corrected chi connectivity index (χ0v) is 11.4. The van der Waals surface area contributed by atoms with E-state index in [2.05, 4.69) is 30.8 Å². The van der Waals surface area contributed by atoms with Gasteiger partial charge in [0, 0.05) is 12.1 Å². The third kappa shape index (κ3) is 5.22. The molecule has 1 aromatic rings. The van der Waals surface area contributed by atoms with Crippen LogP contribution in [0.15, 0.2) is 18.2 Å². The normalized spacial score (nSPS) is 10.1. The molecule has 3 nitrogen and oxygen atoms in total. The van der Waals surface area contributed by atoms with Crippen LogP contribution in [0.5, 0.6) is 5.75 Å². The van der Waals surface area contributed by atoms with Crippen LogP contribution in [-0.4, -0.2) is 43.9 Å². The van der Waals surface area contributed by atoms with Crippen molar-refractivity contribution in [3.8, 4) is 17.6 Å². The van der Waals surface area contributed by atoms with Crippen molar-refractivity contribution in [3.63, 3.8) is 0 Å². The Hall–Kier alpha value is -1.50. The summed E-state index contributed by atoms with van der Waals surface area (Å²) < 4.78 is 5.72. The maximum atomic E-state index is 8.64. The largest absolute Gasteiger partial charge is 0.493 e. The zero-order valence-electron chi connectivity index (χ0n) is 11.4. The van der Waals surface area contributed by atoms with Crippen LogP contribution in [0.2, 0.25) is 0 Å². The van der Waals surface area contributed by atoms with Gasteiger partial charge in [-0.3, -0.25) is 0 Å². The third-order valence-electron chi connectivity index (χ3n) is 2.49. The molecule has 0 amide bonds. The molecule has 0 saturated carbocycles. The lowest BCUT2D eigenvalue weighted by Gasteiger charge is -2.12. The van der Waals surface area contributed by atoms with Gasteiger partial charge in [0.05, 0.1) is 6.61 Å². The molecule has 0 aromatic heterocycles. The maximum absolute atomic E-state index is 8.64. The molecule has 3 heteroatoms. The van der Waals surface area contributed by atoms with Gasteiger partial charge in [-0.2, -0.15) is 0 Å². The Kier molecular flexibility index (Phi) is 6.27. The van der Waals surface area contributed by atoms with Gasteiger partial charge in [-0.15, -0.1) is 0 Å². The molecule has 1 aromatic carbocycles. The first kappa shape index (κ1) is 14.6. The number of hydrogen-bond donors (Lipinski definition) is 1. The number of aliphatic hydroxyl groups is 1. The van der Waals surface area contributed by atoms with E-state index >= 15 is 0 Å². The van der Waals surface area contributed by atoms with Gasteiger partial charge in [-0.1, -0.05) is 11.8 Å². The molecule has 0 aliphatic rings. The first-order valence-corrected chi connectivity index (χ1v) is 6.11. The van der Waals surface area contributed by atoms with Crippen molar-refractivity contribution in [1.29, 1.82) is 0 Å². The van der Waals surface area contributed by atoms with Gasteiger partial charge in [0.2, 0.25) is 0 Å². The topological polar surface area (TPSA) is 32.7 Å². The summed E-state index contributed by atoms with van der Waals surface area (Å²) in [5.41, 5.74) is 1.98. The minimum atomic E-state index is -0.109. The highest BCUT2D eigenvalue weighted by atomic mass is 16.5. The Morgan fingerprint density at radius 1 is 1.33 bits per heavy atom. The van der Waals surface area contributed by atoms with Gasteiger partial charge in [0.1, 0.15) is 12.4 Å². The predicted molar refractivity (Wildman–Crippen MR) is 73.8 cm³/mol. The smallest absolute Gasteiger partial charge is 0.122 e. The predicted octanol–water partition coefficient (Wildman–Crippen LogP) is 1.67. The molecule has 18 heavy (non-hydrogen) atoms. The van der Waals surface area contributed by atoms with Crippen molar-refractivity contribution in [2.45, 2.75) is 13.3 Å². The fourth-order valence-corrected chi connectivity index (χ4v) is 1.59. The van der Waals surface area contributed by atoms with E-state index in [0.29, 0.717) is 0 Å². The number of rotatable bonds is 5. The Morgan fingerprint density at radius 2 is 2.11 bits per heavy atom. The van der Waals surface area contributed by atoms with Gasteiger partial charge in [-0.05, 0) is 51.2 Å². The highest BCUT2D eigenvalue weighted by Crippen LogP contribution is 2.18. The van der Waals surface area contributed by atoms with Crippen LogP contribution >= 0.6 is 0 Å². The molecule has 0 spiro atoms. The Morgan fingerprint density at radius 3 is 2.72 bits per heavy atom. The standard InChI is InChI=1S/C15H21NO2/c1-13-12-14(6-4-10-17)7-8-15(13)18-11-5-9-16(2)3/h7-8,12,17H,5,9-11H2,1-3H3. The number of aryl methyl sites for hydroxylation is 1. The second-order valence-corrected chi connectivity index (χ2v) is 4.45. The average Bonchev–Trinajstić information content (AvgIpc) is 2.33. The molecule has 0 saturated heterocycles. The monoisotopic (exact) mass is 247 g/mol. The zero-order chi connectivity index (χ0) is 13.4. The van der Waals surface area contributed by atoms with Crippen LogP contribution < -0.4 is 4.74 Å². The van der Waals surface area contributed by atoms with E-state index in [1.54, 1.807) is 0 Å². The summed E-state index contributed by atoms with van der Waals surface area (Å²) >= 11 is 0. The van der Waals surface area contributed by atoms with Crippen LogP contribution in [0.25, 0.3) is 0 Å². The van der Waals surface area contributed by atoms with Crippen molar-refractivity contribution in [2.24, 2.45) is 0 Å². The number of benzene rings is 1. The Labute approximate surface area is 109 Å². The van der Waals surface area contributed by atoms with Crippen molar-refractivity contribution in [1.82, 2.24) is 4.90 Å². The van der Waals surface area contributed by atoms with Crippen LogP contribution in [0.1, 0.15) is 17.5 Å². The van der Waals surface area contributed by atoms with Crippen LogP contribution in [0, 0.1) is 18.8 Å². The second-order valence-electron chi connectivity index (χ2n) is 4.45. The van der Waals surface area contributed by atoms with E-state index in [-0.39, 0.29) is 6.61 Å². The minimum Gasteiger partial charge on any atom is -0.493 e. The molecule has 0 heterocycles. The van der Waals surface area contributed by atoms with E-state index < -0.39 is 0 Å². The highest BCUT2D eigenvalue weighted by Gasteiger charge is 2.00. The van der Waals surface area contributed by atoms with Gasteiger partial charge >= 0.3 is 0 Å². The third-order valence-corrected chi connectivity index (χ3v) is 2.49.